The number of fused-ring (bicyclic) bond motifs is 1. The molecule has 0 bridgehead atoms. The lowest BCUT2D eigenvalue weighted by atomic mass is 9.95. The standard InChI is InChI=1S/C21H24N4O5/c1-12-16-5-4-15(28-3)10-17(16)29-19(12)21(27)25-8-6-14(7-9-25)20(26)22-11-18-23-13(2)24-30-18/h4-5,10,14H,6-9,11H2,1-3H3,(H,22,26). The second-order valence-corrected chi connectivity index (χ2v) is 7.44. The Labute approximate surface area is 173 Å². The molecule has 1 aliphatic rings. The summed E-state index contributed by atoms with van der Waals surface area (Å²) in [7, 11) is 1.59. The summed E-state index contributed by atoms with van der Waals surface area (Å²) < 4.78 is 16.1. The molecule has 0 aliphatic carbocycles. The normalized spacial score (nSPS) is 14.8. The zero-order valence-electron chi connectivity index (χ0n) is 17.2. The van der Waals surface area contributed by atoms with Gasteiger partial charge in [-0.25, -0.2) is 0 Å². The Kier molecular flexibility index (Phi) is 5.43. The van der Waals surface area contributed by atoms with Crippen LogP contribution in [0.4, 0.5) is 0 Å². The number of piperidine rings is 1. The Hall–Kier alpha value is -3.36. The number of hydrogen-bond donors (Lipinski definition) is 1. The molecule has 9 nitrogen and oxygen atoms in total. The quantitative estimate of drug-likeness (QED) is 0.686. The fourth-order valence-electron chi connectivity index (χ4n) is 3.74. The van der Waals surface area contributed by atoms with E-state index in [1.165, 1.54) is 0 Å². The molecule has 1 aromatic carbocycles. The highest BCUT2D eigenvalue weighted by Gasteiger charge is 2.30. The number of aryl methyl sites for hydroxylation is 2. The second-order valence-electron chi connectivity index (χ2n) is 7.44. The van der Waals surface area contributed by atoms with Crippen LogP contribution in [0, 0.1) is 19.8 Å². The van der Waals surface area contributed by atoms with E-state index in [1.54, 1.807) is 25.0 Å². The maximum Gasteiger partial charge on any atom is 0.289 e. The molecule has 2 amide bonds. The summed E-state index contributed by atoms with van der Waals surface area (Å²) in [5, 5.41) is 7.42. The van der Waals surface area contributed by atoms with Crippen LogP contribution >= 0.6 is 0 Å². The summed E-state index contributed by atoms with van der Waals surface area (Å²) in [6.45, 7) is 4.81. The summed E-state index contributed by atoms with van der Waals surface area (Å²) in [5.74, 6) is 1.56. The van der Waals surface area contributed by atoms with Gasteiger partial charge in [-0.15, -0.1) is 0 Å². The minimum absolute atomic E-state index is 0.0648. The summed E-state index contributed by atoms with van der Waals surface area (Å²) in [4.78, 5) is 31.2. The highest BCUT2D eigenvalue weighted by atomic mass is 16.5. The van der Waals surface area contributed by atoms with Gasteiger partial charge in [0.1, 0.15) is 11.3 Å². The lowest BCUT2D eigenvalue weighted by molar-refractivity contribution is -0.126. The van der Waals surface area contributed by atoms with Crippen molar-refractivity contribution in [1.82, 2.24) is 20.4 Å². The number of furan rings is 1. The molecule has 0 saturated carbocycles. The van der Waals surface area contributed by atoms with Gasteiger partial charge in [0.25, 0.3) is 5.91 Å². The van der Waals surface area contributed by atoms with Crippen molar-refractivity contribution in [3.05, 3.63) is 41.2 Å². The van der Waals surface area contributed by atoms with Crippen LogP contribution in [0.3, 0.4) is 0 Å². The van der Waals surface area contributed by atoms with Crippen LogP contribution in [0.25, 0.3) is 11.0 Å². The van der Waals surface area contributed by atoms with Crippen molar-refractivity contribution in [3.8, 4) is 5.75 Å². The Balaban J connectivity index is 1.36. The molecule has 4 rings (SSSR count). The van der Waals surface area contributed by atoms with E-state index in [9.17, 15) is 9.59 Å². The average molecular weight is 412 g/mol. The number of likely N-dealkylation sites (tertiary alicyclic amines) is 1. The van der Waals surface area contributed by atoms with Gasteiger partial charge >= 0.3 is 0 Å². The van der Waals surface area contributed by atoms with Crippen molar-refractivity contribution >= 4 is 22.8 Å². The topological polar surface area (TPSA) is 111 Å². The molecular formula is C21H24N4O5. The third kappa shape index (κ3) is 3.87. The lowest BCUT2D eigenvalue weighted by Gasteiger charge is -2.30. The molecule has 3 heterocycles. The van der Waals surface area contributed by atoms with E-state index in [0.717, 1.165) is 10.9 Å². The van der Waals surface area contributed by atoms with Crippen molar-refractivity contribution in [2.75, 3.05) is 20.2 Å². The number of carbonyl (C=O) groups is 2. The Morgan fingerprint density at radius 3 is 2.70 bits per heavy atom. The monoisotopic (exact) mass is 412 g/mol. The third-order valence-electron chi connectivity index (χ3n) is 5.48. The van der Waals surface area contributed by atoms with Gasteiger partial charge in [-0.1, -0.05) is 5.16 Å². The fraction of sp³-hybridized carbons (Fsp3) is 0.429. The van der Waals surface area contributed by atoms with Crippen molar-refractivity contribution in [3.63, 3.8) is 0 Å². The summed E-state index contributed by atoms with van der Waals surface area (Å²) in [6.07, 6.45) is 1.18. The molecule has 2 aromatic heterocycles. The zero-order chi connectivity index (χ0) is 21.3. The van der Waals surface area contributed by atoms with Gasteiger partial charge < -0.3 is 23.9 Å². The molecule has 1 fully saturated rings. The number of hydrogen-bond acceptors (Lipinski definition) is 7. The fourth-order valence-corrected chi connectivity index (χ4v) is 3.74. The number of aromatic nitrogens is 2. The van der Waals surface area contributed by atoms with E-state index in [0.29, 0.717) is 54.7 Å². The largest absolute Gasteiger partial charge is 0.497 e. The van der Waals surface area contributed by atoms with E-state index >= 15 is 0 Å². The average Bonchev–Trinajstić information content (AvgIpc) is 3.34. The van der Waals surface area contributed by atoms with E-state index in [4.69, 9.17) is 13.7 Å². The van der Waals surface area contributed by atoms with Crippen LogP contribution in [0.2, 0.25) is 0 Å². The number of nitrogens with one attached hydrogen (secondary N) is 1. The molecule has 30 heavy (non-hydrogen) atoms. The number of methoxy groups -OCH3 is 1. The van der Waals surface area contributed by atoms with E-state index in [-0.39, 0.29) is 24.3 Å². The summed E-state index contributed by atoms with van der Waals surface area (Å²) in [6, 6.07) is 5.52. The predicted molar refractivity (Wildman–Crippen MR) is 107 cm³/mol. The number of rotatable bonds is 5. The van der Waals surface area contributed by atoms with Crippen molar-refractivity contribution in [1.29, 1.82) is 0 Å². The first-order valence-corrected chi connectivity index (χ1v) is 9.89. The maximum absolute atomic E-state index is 13.0. The first-order chi connectivity index (χ1) is 14.5. The molecule has 0 unspecified atom stereocenters. The van der Waals surface area contributed by atoms with Crippen LogP contribution in [0.1, 0.15) is 40.7 Å². The van der Waals surface area contributed by atoms with Crippen LogP contribution in [-0.4, -0.2) is 47.1 Å². The van der Waals surface area contributed by atoms with Gasteiger partial charge in [0.15, 0.2) is 11.6 Å². The van der Waals surface area contributed by atoms with Crippen LogP contribution in [-0.2, 0) is 11.3 Å². The molecule has 158 valence electrons. The van der Waals surface area contributed by atoms with Crippen LogP contribution < -0.4 is 10.1 Å². The maximum atomic E-state index is 13.0. The van der Waals surface area contributed by atoms with Gasteiger partial charge in [-0.3, -0.25) is 9.59 Å². The smallest absolute Gasteiger partial charge is 0.289 e. The lowest BCUT2D eigenvalue weighted by Crippen LogP contribution is -2.43. The van der Waals surface area contributed by atoms with Gasteiger partial charge in [0, 0.05) is 36.0 Å². The van der Waals surface area contributed by atoms with Gasteiger partial charge in [0.2, 0.25) is 11.8 Å². The van der Waals surface area contributed by atoms with Gasteiger partial charge in [0.05, 0.1) is 13.7 Å². The minimum atomic E-state index is -0.154. The van der Waals surface area contributed by atoms with Crippen LogP contribution in [0.15, 0.2) is 27.1 Å². The highest BCUT2D eigenvalue weighted by molar-refractivity contribution is 5.99. The molecule has 1 saturated heterocycles. The van der Waals surface area contributed by atoms with Gasteiger partial charge in [-0.05, 0) is 38.8 Å². The number of ether oxygens (including phenoxy) is 1. The molecule has 0 spiro atoms. The molecule has 9 heteroatoms. The van der Waals surface area contributed by atoms with E-state index in [2.05, 4.69) is 15.5 Å². The number of benzene rings is 1. The summed E-state index contributed by atoms with van der Waals surface area (Å²) >= 11 is 0. The third-order valence-corrected chi connectivity index (χ3v) is 5.48. The Bertz CT molecular complexity index is 1080. The van der Waals surface area contributed by atoms with Crippen molar-refractivity contribution in [2.45, 2.75) is 33.2 Å². The van der Waals surface area contributed by atoms with Crippen molar-refractivity contribution in [2.24, 2.45) is 5.92 Å². The molecule has 3 aromatic rings. The Morgan fingerprint density at radius 1 is 1.27 bits per heavy atom. The number of carbonyl (C=O) groups excluding carboxylic acids is 2. The van der Waals surface area contributed by atoms with Crippen molar-refractivity contribution < 1.29 is 23.3 Å². The van der Waals surface area contributed by atoms with E-state index in [1.807, 2.05) is 19.1 Å². The first-order valence-electron chi connectivity index (χ1n) is 9.89. The zero-order valence-corrected chi connectivity index (χ0v) is 17.2. The molecular weight excluding hydrogens is 388 g/mol. The summed E-state index contributed by atoms with van der Waals surface area (Å²) in [5.41, 5.74) is 1.44. The predicted octanol–water partition coefficient (Wildman–Crippen LogP) is 2.61. The molecule has 0 atom stereocenters. The highest BCUT2D eigenvalue weighted by Crippen LogP contribution is 2.30. The number of nitrogens with zero attached hydrogens (tertiary/aromatic N) is 3. The van der Waals surface area contributed by atoms with Crippen LogP contribution in [0.5, 0.6) is 5.75 Å². The first kappa shape index (κ1) is 19.9. The second kappa shape index (κ2) is 8.17. The Morgan fingerprint density at radius 2 is 2.03 bits per heavy atom. The number of amides is 2. The minimum Gasteiger partial charge on any atom is -0.497 e. The SMILES string of the molecule is COc1ccc2c(C)c(C(=O)N3CCC(C(=O)NCc4nc(C)no4)CC3)oc2c1. The van der Waals surface area contributed by atoms with E-state index < -0.39 is 0 Å². The molecule has 1 N–H and O–H groups in total. The molecule has 1 aliphatic heterocycles. The molecule has 0 radical (unpaired) electrons. The van der Waals surface area contributed by atoms with Gasteiger partial charge in [-0.2, -0.15) is 4.98 Å².